The highest BCUT2D eigenvalue weighted by Crippen LogP contribution is 2.31. The van der Waals surface area contributed by atoms with Gasteiger partial charge in [-0.05, 0) is 56.2 Å². The van der Waals surface area contributed by atoms with Crippen molar-refractivity contribution in [1.29, 1.82) is 0 Å². The van der Waals surface area contributed by atoms with E-state index in [9.17, 15) is 13.2 Å². The van der Waals surface area contributed by atoms with Crippen LogP contribution in [0.1, 0.15) is 18.1 Å². The number of rotatable bonds is 4. The molecule has 1 aliphatic heterocycles. The molecule has 1 aliphatic rings. The van der Waals surface area contributed by atoms with Crippen LogP contribution >= 0.6 is 0 Å². The fraction of sp³-hybridized carbons (Fsp3) is 0.278. The molecule has 2 aromatic rings. The molecule has 0 spiro atoms. The number of hydrogen-bond donors (Lipinski definition) is 1. The SMILES string of the molecule is CCOC(=O)N1CCc2cc(NS(=O)(=O)c3ccc(C)cc3)ccc21. The molecule has 25 heavy (non-hydrogen) atoms. The first kappa shape index (κ1) is 17.3. The Morgan fingerprint density at radius 1 is 1.20 bits per heavy atom. The van der Waals surface area contributed by atoms with E-state index in [1.807, 2.05) is 6.92 Å². The topological polar surface area (TPSA) is 75.7 Å². The van der Waals surface area contributed by atoms with Gasteiger partial charge < -0.3 is 4.74 Å². The van der Waals surface area contributed by atoms with E-state index >= 15 is 0 Å². The molecule has 2 aromatic carbocycles. The third kappa shape index (κ3) is 3.61. The first-order valence-electron chi connectivity index (χ1n) is 8.07. The van der Waals surface area contributed by atoms with Crippen molar-refractivity contribution in [2.75, 3.05) is 22.8 Å². The van der Waals surface area contributed by atoms with Crippen LogP contribution < -0.4 is 9.62 Å². The molecular weight excluding hydrogens is 340 g/mol. The highest BCUT2D eigenvalue weighted by Gasteiger charge is 2.26. The highest BCUT2D eigenvalue weighted by atomic mass is 32.2. The quantitative estimate of drug-likeness (QED) is 0.907. The molecule has 3 rings (SSSR count). The van der Waals surface area contributed by atoms with Crippen LogP contribution in [-0.2, 0) is 21.2 Å². The van der Waals surface area contributed by atoms with Crippen LogP contribution in [0.25, 0.3) is 0 Å². The Kier molecular flexibility index (Phi) is 4.67. The average molecular weight is 360 g/mol. The van der Waals surface area contributed by atoms with E-state index in [4.69, 9.17) is 4.74 Å². The van der Waals surface area contributed by atoms with Crippen LogP contribution in [0.3, 0.4) is 0 Å². The third-order valence-corrected chi connectivity index (χ3v) is 5.44. The molecule has 132 valence electrons. The van der Waals surface area contributed by atoms with E-state index in [-0.39, 0.29) is 11.0 Å². The van der Waals surface area contributed by atoms with Crippen molar-refractivity contribution in [2.45, 2.75) is 25.2 Å². The fourth-order valence-electron chi connectivity index (χ4n) is 2.79. The minimum Gasteiger partial charge on any atom is -0.449 e. The molecule has 0 aliphatic carbocycles. The lowest BCUT2D eigenvalue weighted by molar-refractivity contribution is 0.160. The molecule has 0 radical (unpaired) electrons. The first-order valence-corrected chi connectivity index (χ1v) is 9.56. The van der Waals surface area contributed by atoms with Crippen LogP contribution in [0.15, 0.2) is 47.4 Å². The lowest BCUT2D eigenvalue weighted by atomic mass is 10.1. The lowest BCUT2D eigenvalue weighted by Crippen LogP contribution is -2.29. The van der Waals surface area contributed by atoms with Crippen molar-refractivity contribution in [2.24, 2.45) is 0 Å². The number of nitrogens with zero attached hydrogens (tertiary/aromatic N) is 1. The zero-order valence-corrected chi connectivity index (χ0v) is 15.0. The number of carbonyl (C=O) groups excluding carboxylic acids is 1. The van der Waals surface area contributed by atoms with Crippen molar-refractivity contribution in [3.63, 3.8) is 0 Å². The summed E-state index contributed by atoms with van der Waals surface area (Å²) in [6, 6.07) is 11.8. The van der Waals surface area contributed by atoms with E-state index in [2.05, 4.69) is 4.72 Å². The number of carbonyl (C=O) groups is 1. The second-order valence-corrected chi connectivity index (χ2v) is 7.55. The molecule has 0 fully saturated rings. The summed E-state index contributed by atoms with van der Waals surface area (Å²) >= 11 is 0. The van der Waals surface area contributed by atoms with E-state index in [1.165, 1.54) is 0 Å². The van der Waals surface area contributed by atoms with Gasteiger partial charge in [0.05, 0.1) is 17.2 Å². The van der Waals surface area contributed by atoms with E-state index in [0.717, 1.165) is 16.8 Å². The predicted molar refractivity (Wildman–Crippen MR) is 96.5 cm³/mol. The standard InChI is InChI=1S/C18H20N2O4S/c1-3-24-18(21)20-11-10-14-12-15(6-9-17(14)20)19-25(22,23)16-7-4-13(2)5-8-16/h4-9,12,19H,3,10-11H2,1-2H3. The highest BCUT2D eigenvalue weighted by molar-refractivity contribution is 7.92. The van der Waals surface area contributed by atoms with Crippen LogP contribution in [-0.4, -0.2) is 27.7 Å². The van der Waals surface area contributed by atoms with E-state index in [1.54, 1.807) is 54.3 Å². The number of benzene rings is 2. The van der Waals surface area contributed by atoms with E-state index in [0.29, 0.717) is 25.3 Å². The van der Waals surface area contributed by atoms with Gasteiger partial charge in [0, 0.05) is 12.2 Å². The van der Waals surface area contributed by atoms with Crippen LogP contribution in [0.2, 0.25) is 0 Å². The van der Waals surface area contributed by atoms with E-state index < -0.39 is 10.0 Å². The maximum Gasteiger partial charge on any atom is 0.414 e. The Balaban J connectivity index is 1.81. The number of anilines is 2. The molecule has 0 aromatic heterocycles. The van der Waals surface area contributed by atoms with Crippen LogP contribution in [0.5, 0.6) is 0 Å². The maximum atomic E-state index is 12.5. The Morgan fingerprint density at radius 3 is 2.60 bits per heavy atom. The van der Waals surface area contributed by atoms with Gasteiger partial charge >= 0.3 is 6.09 Å². The zero-order valence-electron chi connectivity index (χ0n) is 14.2. The summed E-state index contributed by atoms with van der Waals surface area (Å²) in [5.41, 5.74) is 3.15. The Morgan fingerprint density at radius 2 is 1.92 bits per heavy atom. The van der Waals surface area contributed by atoms with Gasteiger partial charge in [0.25, 0.3) is 10.0 Å². The second kappa shape index (κ2) is 6.76. The van der Waals surface area contributed by atoms with Gasteiger partial charge in [0.15, 0.2) is 0 Å². The number of hydrogen-bond acceptors (Lipinski definition) is 4. The molecule has 1 heterocycles. The Hall–Kier alpha value is -2.54. The molecule has 0 unspecified atom stereocenters. The maximum absolute atomic E-state index is 12.5. The van der Waals surface area contributed by atoms with Gasteiger partial charge in [-0.25, -0.2) is 13.2 Å². The number of nitrogens with one attached hydrogen (secondary N) is 1. The number of amides is 1. The number of fused-ring (bicyclic) bond motifs is 1. The Labute approximate surface area is 147 Å². The second-order valence-electron chi connectivity index (χ2n) is 5.86. The van der Waals surface area contributed by atoms with Crippen LogP contribution in [0, 0.1) is 6.92 Å². The van der Waals surface area contributed by atoms with Crippen molar-refractivity contribution >= 4 is 27.5 Å². The molecular formula is C18H20N2O4S. The lowest BCUT2D eigenvalue weighted by Gasteiger charge is -2.16. The zero-order chi connectivity index (χ0) is 18.0. The normalized spacial score (nSPS) is 13.4. The number of ether oxygens (including phenoxy) is 1. The summed E-state index contributed by atoms with van der Waals surface area (Å²) in [5.74, 6) is 0. The van der Waals surface area contributed by atoms with Crippen molar-refractivity contribution < 1.29 is 17.9 Å². The molecule has 7 heteroatoms. The minimum atomic E-state index is -3.64. The third-order valence-electron chi connectivity index (χ3n) is 4.05. The number of sulfonamides is 1. The van der Waals surface area contributed by atoms with Gasteiger partial charge in [-0.3, -0.25) is 9.62 Å². The monoisotopic (exact) mass is 360 g/mol. The summed E-state index contributed by atoms with van der Waals surface area (Å²) < 4.78 is 32.6. The van der Waals surface area contributed by atoms with Gasteiger partial charge in [-0.1, -0.05) is 17.7 Å². The smallest absolute Gasteiger partial charge is 0.414 e. The largest absolute Gasteiger partial charge is 0.449 e. The summed E-state index contributed by atoms with van der Waals surface area (Å²) in [5, 5.41) is 0. The molecule has 0 saturated heterocycles. The summed E-state index contributed by atoms with van der Waals surface area (Å²) in [6.07, 6.45) is 0.281. The van der Waals surface area contributed by atoms with Gasteiger partial charge in [-0.15, -0.1) is 0 Å². The minimum absolute atomic E-state index is 0.215. The number of aryl methyl sites for hydroxylation is 1. The van der Waals surface area contributed by atoms with Gasteiger partial charge in [-0.2, -0.15) is 0 Å². The molecule has 0 saturated carbocycles. The Bertz CT molecular complexity index is 892. The van der Waals surface area contributed by atoms with Crippen LogP contribution in [0.4, 0.5) is 16.2 Å². The van der Waals surface area contributed by atoms with Crippen molar-refractivity contribution in [3.8, 4) is 0 Å². The summed E-state index contributed by atoms with van der Waals surface area (Å²) in [6.45, 7) is 4.51. The predicted octanol–water partition coefficient (Wildman–Crippen LogP) is 3.31. The molecule has 1 amide bonds. The molecule has 1 N–H and O–H groups in total. The first-order chi connectivity index (χ1) is 11.9. The summed E-state index contributed by atoms with van der Waals surface area (Å²) in [7, 11) is -3.64. The fourth-order valence-corrected chi connectivity index (χ4v) is 3.84. The van der Waals surface area contributed by atoms with Crippen molar-refractivity contribution in [1.82, 2.24) is 0 Å². The average Bonchev–Trinajstić information content (AvgIpc) is 2.98. The molecule has 0 atom stereocenters. The van der Waals surface area contributed by atoms with Gasteiger partial charge in [0.1, 0.15) is 0 Å². The summed E-state index contributed by atoms with van der Waals surface area (Å²) in [4.78, 5) is 13.7. The molecule has 0 bridgehead atoms. The van der Waals surface area contributed by atoms with Gasteiger partial charge in [0.2, 0.25) is 0 Å². The van der Waals surface area contributed by atoms with Crippen molar-refractivity contribution in [3.05, 3.63) is 53.6 Å². The molecule has 6 nitrogen and oxygen atoms in total.